The average Bonchev–Trinajstić information content (AvgIpc) is 2.68. The fraction of sp³-hybridized carbons (Fsp3) is 1.00. The predicted octanol–water partition coefficient (Wildman–Crippen LogP) is 1.73. The standard InChI is InChI=1S/C13H28N2O/c1-11(2)13(10-15(3)4)14-8-7-12-6-5-9-16-12/h11-14H,5-10H2,1-4H3. The minimum atomic E-state index is 0.514. The van der Waals surface area contributed by atoms with Crippen molar-refractivity contribution in [2.45, 2.75) is 45.3 Å². The van der Waals surface area contributed by atoms with Gasteiger partial charge in [0.2, 0.25) is 0 Å². The van der Waals surface area contributed by atoms with Crippen LogP contribution in [0.5, 0.6) is 0 Å². The van der Waals surface area contributed by atoms with Crippen LogP contribution in [0.15, 0.2) is 0 Å². The number of likely N-dealkylation sites (N-methyl/N-ethyl adjacent to an activating group) is 1. The van der Waals surface area contributed by atoms with Gasteiger partial charge in [-0.15, -0.1) is 0 Å². The highest BCUT2D eigenvalue weighted by Crippen LogP contribution is 2.14. The smallest absolute Gasteiger partial charge is 0.0588 e. The van der Waals surface area contributed by atoms with Crippen molar-refractivity contribution in [1.82, 2.24) is 10.2 Å². The van der Waals surface area contributed by atoms with E-state index in [0.717, 1.165) is 26.1 Å². The molecule has 3 nitrogen and oxygen atoms in total. The van der Waals surface area contributed by atoms with Crippen LogP contribution in [-0.2, 0) is 4.74 Å². The van der Waals surface area contributed by atoms with E-state index in [1.54, 1.807) is 0 Å². The molecule has 0 aromatic heterocycles. The summed E-state index contributed by atoms with van der Waals surface area (Å²) < 4.78 is 5.63. The molecule has 1 fully saturated rings. The summed E-state index contributed by atoms with van der Waals surface area (Å²) in [6, 6.07) is 0.594. The van der Waals surface area contributed by atoms with Crippen LogP contribution in [0.4, 0.5) is 0 Å². The fourth-order valence-electron chi connectivity index (χ4n) is 2.21. The van der Waals surface area contributed by atoms with Gasteiger partial charge in [-0.2, -0.15) is 0 Å². The van der Waals surface area contributed by atoms with E-state index < -0.39 is 0 Å². The van der Waals surface area contributed by atoms with E-state index in [1.165, 1.54) is 12.8 Å². The van der Waals surface area contributed by atoms with Crippen molar-refractivity contribution in [3.05, 3.63) is 0 Å². The van der Waals surface area contributed by atoms with Crippen LogP contribution >= 0.6 is 0 Å². The molecule has 0 aliphatic carbocycles. The molecule has 1 aliphatic rings. The van der Waals surface area contributed by atoms with Crippen molar-refractivity contribution in [2.24, 2.45) is 5.92 Å². The Kier molecular flexibility index (Phi) is 6.32. The van der Waals surface area contributed by atoms with Crippen molar-refractivity contribution in [1.29, 1.82) is 0 Å². The Hall–Kier alpha value is -0.120. The highest BCUT2D eigenvalue weighted by atomic mass is 16.5. The first-order chi connectivity index (χ1) is 7.59. The first-order valence-corrected chi connectivity index (χ1v) is 6.59. The van der Waals surface area contributed by atoms with Gasteiger partial charge in [0, 0.05) is 19.2 Å². The van der Waals surface area contributed by atoms with Gasteiger partial charge in [-0.1, -0.05) is 13.8 Å². The molecule has 0 aromatic rings. The Balaban J connectivity index is 2.15. The summed E-state index contributed by atoms with van der Waals surface area (Å²) in [5.74, 6) is 0.687. The third-order valence-electron chi connectivity index (χ3n) is 3.26. The van der Waals surface area contributed by atoms with Gasteiger partial charge < -0.3 is 15.0 Å². The Morgan fingerprint density at radius 3 is 2.62 bits per heavy atom. The molecular formula is C13H28N2O. The van der Waals surface area contributed by atoms with Gasteiger partial charge in [-0.05, 0) is 45.8 Å². The molecule has 1 N–H and O–H groups in total. The maximum Gasteiger partial charge on any atom is 0.0588 e. The number of nitrogens with zero attached hydrogens (tertiary/aromatic N) is 1. The third-order valence-corrected chi connectivity index (χ3v) is 3.26. The second kappa shape index (κ2) is 7.25. The molecule has 1 aliphatic heterocycles. The second-order valence-corrected chi connectivity index (χ2v) is 5.49. The van der Waals surface area contributed by atoms with E-state index in [-0.39, 0.29) is 0 Å². The average molecular weight is 228 g/mol. The largest absolute Gasteiger partial charge is 0.378 e. The summed E-state index contributed by atoms with van der Waals surface area (Å²) in [4.78, 5) is 2.25. The Bertz CT molecular complexity index is 177. The Morgan fingerprint density at radius 1 is 1.38 bits per heavy atom. The summed E-state index contributed by atoms with van der Waals surface area (Å²) in [5, 5.41) is 3.66. The lowest BCUT2D eigenvalue weighted by molar-refractivity contribution is 0.102. The first-order valence-electron chi connectivity index (χ1n) is 6.59. The monoisotopic (exact) mass is 228 g/mol. The van der Waals surface area contributed by atoms with Crippen molar-refractivity contribution in [3.63, 3.8) is 0 Å². The highest BCUT2D eigenvalue weighted by Gasteiger charge is 2.17. The highest BCUT2D eigenvalue weighted by molar-refractivity contribution is 4.74. The molecule has 1 heterocycles. The molecule has 2 atom stereocenters. The van der Waals surface area contributed by atoms with Gasteiger partial charge in [0.25, 0.3) is 0 Å². The minimum Gasteiger partial charge on any atom is -0.378 e. The topological polar surface area (TPSA) is 24.5 Å². The maximum absolute atomic E-state index is 5.63. The van der Waals surface area contributed by atoms with Gasteiger partial charge in [0.1, 0.15) is 0 Å². The number of hydrogen-bond acceptors (Lipinski definition) is 3. The minimum absolute atomic E-state index is 0.514. The lowest BCUT2D eigenvalue weighted by atomic mass is 10.0. The molecule has 0 spiro atoms. The van der Waals surface area contributed by atoms with Crippen LogP contribution in [0.25, 0.3) is 0 Å². The first kappa shape index (κ1) is 13.9. The number of ether oxygens (including phenoxy) is 1. The zero-order chi connectivity index (χ0) is 12.0. The third kappa shape index (κ3) is 5.28. The molecule has 0 bridgehead atoms. The predicted molar refractivity (Wildman–Crippen MR) is 68.8 cm³/mol. The van der Waals surface area contributed by atoms with E-state index in [2.05, 4.69) is 38.2 Å². The molecule has 0 aromatic carbocycles. The molecular weight excluding hydrogens is 200 g/mol. The number of rotatable bonds is 7. The normalized spacial score (nSPS) is 23.2. The van der Waals surface area contributed by atoms with Crippen molar-refractivity contribution < 1.29 is 4.74 Å². The summed E-state index contributed by atoms with van der Waals surface area (Å²) in [6.07, 6.45) is 4.17. The molecule has 1 rings (SSSR count). The van der Waals surface area contributed by atoms with Crippen LogP contribution in [-0.4, -0.2) is 50.8 Å². The van der Waals surface area contributed by atoms with Crippen LogP contribution in [0.3, 0.4) is 0 Å². The molecule has 3 heteroatoms. The van der Waals surface area contributed by atoms with Crippen LogP contribution < -0.4 is 5.32 Å². The Morgan fingerprint density at radius 2 is 2.12 bits per heavy atom. The number of hydrogen-bond donors (Lipinski definition) is 1. The molecule has 0 radical (unpaired) electrons. The number of nitrogens with one attached hydrogen (secondary N) is 1. The van der Waals surface area contributed by atoms with Gasteiger partial charge in [-0.3, -0.25) is 0 Å². The van der Waals surface area contributed by atoms with Crippen molar-refractivity contribution in [3.8, 4) is 0 Å². The Labute approximate surface area is 101 Å². The van der Waals surface area contributed by atoms with Crippen LogP contribution in [0, 0.1) is 5.92 Å². The van der Waals surface area contributed by atoms with Gasteiger partial charge in [0.15, 0.2) is 0 Å². The van der Waals surface area contributed by atoms with Crippen LogP contribution in [0.1, 0.15) is 33.1 Å². The SMILES string of the molecule is CC(C)C(CN(C)C)NCCC1CCCO1. The lowest BCUT2D eigenvalue weighted by Gasteiger charge is -2.26. The van der Waals surface area contributed by atoms with E-state index in [1.807, 2.05) is 0 Å². The van der Waals surface area contributed by atoms with E-state index >= 15 is 0 Å². The second-order valence-electron chi connectivity index (χ2n) is 5.49. The summed E-state index contributed by atoms with van der Waals surface area (Å²) >= 11 is 0. The van der Waals surface area contributed by atoms with Gasteiger partial charge >= 0.3 is 0 Å². The van der Waals surface area contributed by atoms with Crippen molar-refractivity contribution in [2.75, 3.05) is 33.8 Å². The quantitative estimate of drug-likeness (QED) is 0.718. The van der Waals surface area contributed by atoms with E-state index in [0.29, 0.717) is 18.1 Å². The maximum atomic E-state index is 5.63. The fourth-order valence-corrected chi connectivity index (χ4v) is 2.21. The molecule has 96 valence electrons. The summed E-state index contributed by atoms with van der Waals surface area (Å²) in [5.41, 5.74) is 0. The van der Waals surface area contributed by atoms with Crippen molar-refractivity contribution >= 4 is 0 Å². The zero-order valence-corrected chi connectivity index (χ0v) is 11.3. The van der Waals surface area contributed by atoms with Gasteiger partial charge in [-0.25, -0.2) is 0 Å². The molecule has 1 saturated heterocycles. The molecule has 0 amide bonds. The van der Waals surface area contributed by atoms with E-state index in [9.17, 15) is 0 Å². The molecule has 16 heavy (non-hydrogen) atoms. The van der Waals surface area contributed by atoms with Crippen LogP contribution in [0.2, 0.25) is 0 Å². The zero-order valence-electron chi connectivity index (χ0n) is 11.3. The summed E-state index contributed by atoms with van der Waals surface area (Å²) in [7, 11) is 4.27. The van der Waals surface area contributed by atoms with Gasteiger partial charge in [0.05, 0.1) is 6.10 Å². The lowest BCUT2D eigenvalue weighted by Crippen LogP contribution is -2.42. The summed E-state index contributed by atoms with van der Waals surface area (Å²) in [6.45, 7) is 7.74. The molecule has 2 unspecified atom stereocenters. The molecule has 0 saturated carbocycles. The van der Waals surface area contributed by atoms with E-state index in [4.69, 9.17) is 4.74 Å².